The Morgan fingerprint density at radius 1 is 1.14 bits per heavy atom. The van der Waals surface area contributed by atoms with Crippen LogP contribution in [0.5, 0.6) is 11.5 Å². The van der Waals surface area contributed by atoms with Crippen molar-refractivity contribution < 1.29 is 24.0 Å². The Morgan fingerprint density at radius 3 is 2.63 bits per heavy atom. The highest BCUT2D eigenvalue weighted by molar-refractivity contribution is 14.1. The number of hydrogen-bond acceptors (Lipinski definition) is 7. The zero-order valence-corrected chi connectivity index (χ0v) is 21.4. The molecule has 0 unspecified atom stereocenters. The van der Waals surface area contributed by atoms with Crippen LogP contribution in [0.25, 0.3) is 0 Å². The molecule has 0 fully saturated rings. The Kier molecular flexibility index (Phi) is 9.41. The number of non-ortho nitro benzene ring substituents is 1. The van der Waals surface area contributed by atoms with Gasteiger partial charge < -0.3 is 19.6 Å². The van der Waals surface area contributed by atoms with Crippen LogP contribution in [0, 0.1) is 20.6 Å². The molecule has 0 bridgehead atoms. The zero-order valence-electron chi connectivity index (χ0n) is 19.2. The molecule has 1 N–H and O–H groups in total. The van der Waals surface area contributed by atoms with Crippen molar-refractivity contribution in [3.8, 4) is 11.5 Å². The number of nitro groups is 1. The highest BCUT2D eigenvalue weighted by Crippen LogP contribution is 2.34. The van der Waals surface area contributed by atoms with Crippen molar-refractivity contribution in [1.29, 1.82) is 0 Å². The van der Waals surface area contributed by atoms with E-state index >= 15 is 0 Å². The summed E-state index contributed by atoms with van der Waals surface area (Å²) in [5.41, 5.74) is 3.13. The van der Waals surface area contributed by atoms with Gasteiger partial charge in [-0.2, -0.15) is 0 Å². The van der Waals surface area contributed by atoms with E-state index in [2.05, 4.69) is 33.1 Å². The van der Waals surface area contributed by atoms with Crippen LogP contribution in [0.2, 0.25) is 0 Å². The summed E-state index contributed by atoms with van der Waals surface area (Å²) in [6.45, 7) is 4.15. The number of nitrogens with zero attached hydrogens (tertiary/aromatic N) is 2. The predicted molar refractivity (Wildman–Crippen MR) is 141 cm³/mol. The summed E-state index contributed by atoms with van der Waals surface area (Å²) >= 11 is 2.10. The first kappa shape index (κ1) is 25.9. The second-order valence-corrected chi connectivity index (χ2v) is 8.56. The highest BCUT2D eigenvalue weighted by Gasteiger charge is 2.14. The molecule has 3 rings (SSSR count). The van der Waals surface area contributed by atoms with Gasteiger partial charge in [-0.05, 0) is 66.3 Å². The molecule has 0 saturated heterocycles. The lowest BCUT2D eigenvalue weighted by atomic mass is 10.2. The molecule has 3 aromatic carbocycles. The molecule has 0 aliphatic heterocycles. The summed E-state index contributed by atoms with van der Waals surface area (Å²) in [5.74, 6) is 0.649. The summed E-state index contributed by atoms with van der Waals surface area (Å²) in [6.07, 6.45) is 1.51. The van der Waals surface area contributed by atoms with Crippen LogP contribution in [0.3, 0.4) is 0 Å². The molecule has 10 heteroatoms. The molecule has 0 saturated carbocycles. The lowest BCUT2D eigenvalue weighted by molar-refractivity contribution is -0.384. The zero-order chi connectivity index (χ0) is 25.2. The second-order valence-electron chi connectivity index (χ2n) is 7.40. The van der Waals surface area contributed by atoms with E-state index in [4.69, 9.17) is 14.3 Å². The quantitative estimate of drug-likeness (QED) is 0.137. The molecule has 182 valence electrons. The molecule has 0 atom stereocenters. The van der Waals surface area contributed by atoms with E-state index in [0.717, 1.165) is 9.13 Å². The number of halogens is 1. The number of rotatable bonds is 11. The van der Waals surface area contributed by atoms with Crippen LogP contribution in [0.15, 0.2) is 65.8 Å². The average molecular weight is 589 g/mol. The largest absolute Gasteiger partial charge is 0.490 e. The van der Waals surface area contributed by atoms with Gasteiger partial charge in [-0.3, -0.25) is 14.9 Å². The third-order valence-corrected chi connectivity index (χ3v) is 5.44. The minimum Gasteiger partial charge on any atom is -0.490 e. The number of nitrogens with one attached hydrogen (secondary N) is 1. The van der Waals surface area contributed by atoms with Crippen LogP contribution in [-0.2, 0) is 16.2 Å². The predicted octanol–water partition coefficient (Wildman–Crippen LogP) is 5.47. The van der Waals surface area contributed by atoms with Gasteiger partial charge in [0, 0.05) is 23.4 Å². The second kappa shape index (κ2) is 12.7. The number of ether oxygens (including phenoxy) is 2. The molecule has 0 radical (unpaired) electrons. The van der Waals surface area contributed by atoms with Crippen LogP contribution in [0.4, 0.5) is 11.4 Å². The number of anilines is 1. The fourth-order valence-corrected chi connectivity index (χ4v) is 3.79. The van der Waals surface area contributed by atoms with Crippen LogP contribution in [0.1, 0.15) is 23.6 Å². The maximum atomic E-state index is 12.3. The summed E-state index contributed by atoms with van der Waals surface area (Å²) in [5, 5.41) is 17.6. The minimum absolute atomic E-state index is 0.00544. The third kappa shape index (κ3) is 7.95. The maximum absolute atomic E-state index is 12.3. The van der Waals surface area contributed by atoms with Crippen molar-refractivity contribution in [3.63, 3.8) is 0 Å². The van der Waals surface area contributed by atoms with Gasteiger partial charge in [0.2, 0.25) is 0 Å². The number of amides is 1. The summed E-state index contributed by atoms with van der Waals surface area (Å²) < 4.78 is 12.2. The van der Waals surface area contributed by atoms with Crippen LogP contribution < -0.4 is 14.8 Å². The van der Waals surface area contributed by atoms with Gasteiger partial charge in [0.1, 0.15) is 6.61 Å². The smallest absolute Gasteiger partial charge is 0.269 e. The third-order valence-electron chi connectivity index (χ3n) is 4.64. The molecule has 0 aliphatic carbocycles. The van der Waals surface area contributed by atoms with Gasteiger partial charge in [-0.25, -0.2) is 0 Å². The van der Waals surface area contributed by atoms with E-state index < -0.39 is 4.92 Å². The monoisotopic (exact) mass is 589 g/mol. The standard InChI is InChI=1S/C25H24IN3O6/c1-3-33-23-13-19(14-27-35-15-18-5-4-6-21(11-18)29(31)32)12-22(26)25(23)34-16-24(30)28-20-9-7-17(2)8-10-20/h4-14H,3,15-16H2,1-2H3,(H,28,30)/b27-14-. The first-order valence-corrected chi connectivity index (χ1v) is 11.8. The molecule has 3 aromatic rings. The average Bonchev–Trinajstić information content (AvgIpc) is 2.83. The van der Waals surface area contributed by atoms with Crippen molar-refractivity contribution in [2.75, 3.05) is 18.5 Å². The van der Waals surface area contributed by atoms with Crippen LogP contribution in [-0.4, -0.2) is 30.3 Å². The number of carbonyl (C=O) groups is 1. The molecule has 0 spiro atoms. The molecule has 0 aliphatic rings. The van der Waals surface area contributed by atoms with Gasteiger partial charge in [-0.1, -0.05) is 35.0 Å². The van der Waals surface area contributed by atoms with Crippen molar-refractivity contribution in [3.05, 3.63) is 91.0 Å². The molecule has 0 heterocycles. The molecular formula is C25H24IN3O6. The number of oxime groups is 1. The topological polar surface area (TPSA) is 112 Å². The van der Waals surface area contributed by atoms with E-state index in [-0.39, 0.29) is 24.8 Å². The number of aryl methyl sites for hydroxylation is 1. The summed E-state index contributed by atoms with van der Waals surface area (Å²) in [4.78, 5) is 28.0. The van der Waals surface area contributed by atoms with Crippen molar-refractivity contribution in [1.82, 2.24) is 0 Å². The Hall–Kier alpha value is -3.67. The molecular weight excluding hydrogens is 565 g/mol. The van der Waals surface area contributed by atoms with E-state index in [0.29, 0.717) is 34.9 Å². The van der Waals surface area contributed by atoms with Crippen molar-refractivity contribution in [2.24, 2.45) is 5.16 Å². The van der Waals surface area contributed by atoms with Gasteiger partial charge in [0.15, 0.2) is 18.1 Å². The number of nitro benzene ring substituents is 1. The Bertz CT molecular complexity index is 1210. The lowest BCUT2D eigenvalue weighted by Gasteiger charge is -2.14. The first-order valence-electron chi connectivity index (χ1n) is 10.7. The Morgan fingerprint density at radius 2 is 1.91 bits per heavy atom. The van der Waals surface area contributed by atoms with Crippen molar-refractivity contribution in [2.45, 2.75) is 20.5 Å². The van der Waals surface area contributed by atoms with Gasteiger partial charge in [0.05, 0.1) is 21.3 Å². The normalized spacial score (nSPS) is 10.7. The van der Waals surface area contributed by atoms with Crippen LogP contribution >= 0.6 is 22.6 Å². The minimum atomic E-state index is -0.459. The maximum Gasteiger partial charge on any atom is 0.269 e. The number of benzene rings is 3. The van der Waals surface area contributed by atoms with Gasteiger partial charge in [-0.15, -0.1) is 0 Å². The van der Waals surface area contributed by atoms with Gasteiger partial charge in [0.25, 0.3) is 11.6 Å². The summed E-state index contributed by atoms with van der Waals surface area (Å²) in [6, 6.07) is 17.2. The SMILES string of the molecule is CCOc1cc(/C=N\OCc2cccc([N+](=O)[O-])c2)cc(I)c1OCC(=O)Nc1ccc(C)cc1. The van der Waals surface area contributed by atoms with Crippen molar-refractivity contribution >= 4 is 46.1 Å². The number of hydrogen-bond donors (Lipinski definition) is 1. The lowest BCUT2D eigenvalue weighted by Crippen LogP contribution is -2.20. The first-order chi connectivity index (χ1) is 16.9. The Labute approximate surface area is 216 Å². The highest BCUT2D eigenvalue weighted by atomic mass is 127. The molecule has 0 aromatic heterocycles. The number of carbonyl (C=O) groups excluding carboxylic acids is 1. The molecule has 9 nitrogen and oxygen atoms in total. The van der Waals surface area contributed by atoms with Gasteiger partial charge >= 0.3 is 0 Å². The van der Waals surface area contributed by atoms with E-state index in [1.807, 2.05) is 44.2 Å². The fraction of sp³-hybridized carbons (Fsp3) is 0.200. The Balaban J connectivity index is 1.62. The van der Waals surface area contributed by atoms with E-state index in [9.17, 15) is 14.9 Å². The molecule has 1 amide bonds. The van der Waals surface area contributed by atoms with E-state index in [1.54, 1.807) is 18.2 Å². The van der Waals surface area contributed by atoms with E-state index in [1.165, 1.54) is 18.3 Å². The fourth-order valence-electron chi connectivity index (χ4n) is 3.01. The summed E-state index contributed by atoms with van der Waals surface area (Å²) in [7, 11) is 0. The molecule has 35 heavy (non-hydrogen) atoms.